The monoisotopic (exact) mass is 306 g/mol. The minimum Gasteiger partial charge on any atom is -0.389 e. The van der Waals surface area contributed by atoms with Crippen molar-refractivity contribution < 1.29 is 4.79 Å². The summed E-state index contributed by atoms with van der Waals surface area (Å²) in [4.78, 5) is 21.8. The molecule has 5 nitrogen and oxygen atoms in total. The molecule has 0 aliphatic heterocycles. The van der Waals surface area contributed by atoms with Crippen molar-refractivity contribution in [2.45, 2.75) is 20.3 Å². The summed E-state index contributed by atoms with van der Waals surface area (Å²) in [6, 6.07) is 3.26. The Morgan fingerprint density at radius 2 is 2.25 bits per heavy atom. The van der Waals surface area contributed by atoms with Gasteiger partial charge >= 0.3 is 0 Å². The highest BCUT2D eigenvalue weighted by molar-refractivity contribution is 7.80. The molecule has 104 valence electrons. The van der Waals surface area contributed by atoms with E-state index in [2.05, 4.69) is 15.3 Å². The molecule has 0 unspecified atom stereocenters. The molecule has 0 spiro atoms. The van der Waals surface area contributed by atoms with E-state index in [0.717, 1.165) is 17.0 Å². The number of carbonyl (C=O) groups excluding carboxylic acids is 1. The Morgan fingerprint density at radius 3 is 2.75 bits per heavy atom. The van der Waals surface area contributed by atoms with Crippen LogP contribution in [0.1, 0.15) is 33.5 Å². The largest absolute Gasteiger partial charge is 0.389 e. The Morgan fingerprint density at radius 1 is 1.50 bits per heavy atom. The van der Waals surface area contributed by atoms with Gasteiger partial charge in [-0.05, 0) is 25.5 Å². The van der Waals surface area contributed by atoms with Gasteiger partial charge in [0.2, 0.25) is 0 Å². The summed E-state index contributed by atoms with van der Waals surface area (Å²) in [7, 11) is 0. The van der Waals surface area contributed by atoms with Crippen molar-refractivity contribution in [2.75, 3.05) is 5.32 Å². The van der Waals surface area contributed by atoms with Crippen molar-refractivity contribution >= 4 is 39.6 Å². The highest BCUT2D eigenvalue weighted by Crippen LogP contribution is 2.22. The molecule has 0 saturated carbocycles. The van der Waals surface area contributed by atoms with E-state index in [9.17, 15) is 4.79 Å². The molecule has 0 fully saturated rings. The van der Waals surface area contributed by atoms with E-state index in [1.54, 1.807) is 12.1 Å². The van der Waals surface area contributed by atoms with Crippen LogP contribution in [0.15, 0.2) is 18.3 Å². The predicted octanol–water partition coefficient (Wildman–Crippen LogP) is 2.30. The number of nitrogens with two attached hydrogens (primary N) is 1. The van der Waals surface area contributed by atoms with E-state index in [1.807, 2.05) is 13.8 Å². The standard InChI is InChI=1S/C13H14N4OS2/c1-3-9-7(2)20-13(16-9)17-12(18)10-5-4-8(6-15-10)11(14)19/h4-6H,3H2,1-2H3,(H2,14,19)(H,16,17,18). The van der Waals surface area contributed by atoms with Crippen molar-refractivity contribution in [3.8, 4) is 0 Å². The third kappa shape index (κ3) is 3.17. The van der Waals surface area contributed by atoms with Crippen molar-refractivity contribution in [1.82, 2.24) is 9.97 Å². The maximum atomic E-state index is 12.0. The first-order chi connectivity index (χ1) is 9.51. The van der Waals surface area contributed by atoms with Crippen molar-refractivity contribution in [3.63, 3.8) is 0 Å². The van der Waals surface area contributed by atoms with Gasteiger partial charge in [-0.15, -0.1) is 11.3 Å². The summed E-state index contributed by atoms with van der Waals surface area (Å²) in [5, 5.41) is 3.33. The minimum absolute atomic E-state index is 0.257. The molecule has 0 aliphatic rings. The van der Waals surface area contributed by atoms with Crippen molar-refractivity contribution in [3.05, 3.63) is 40.2 Å². The molecule has 2 aromatic heterocycles. The second-order valence-corrected chi connectivity index (χ2v) is 5.77. The van der Waals surface area contributed by atoms with Crippen LogP contribution >= 0.6 is 23.6 Å². The number of anilines is 1. The fraction of sp³-hybridized carbons (Fsp3) is 0.231. The summed E-state index contributed by atoms with van der Waals surface area (Å²) >= 11 is 6.29. The normalized spacial score (nSPS) is 10.3. The first-order valence-corrected chi connectivity index (χ1v) is 7.27. The molecule has 0 atom stereocenters. The van der Waals surface area contributed by atoms with Gasteiger partial charge in [0.1, 0.15) is 10.7 Å². The molecule has 3 N–H and O–H groups in total. The van der Waals surface area contributed by atoms with Gasteiger partial charge in [-0.1, -0.05) is 19.1 Å². The lowest BCUT2D eigenvalue weighted by atomic mass is 10.2. The Bertz CT molecular complexity index is 649. The lowest BCUT2D eigenvalue weighted by molar-refractivity contribution is 0.102. The van der Waals surface area contributed by atoms with Crippen LogP contribution in [0.25, 0.3) is 0 Å². The number of amides is 1. The lowest BCUT2D eigenvalue weighted by Gasteiger charge is -2.02. The van der Waals surface area contributed by atoms with Crippen LogP contribution in [0.3, 0.4) is 0 Å². The molecule has 2 rings (SSSR count). The van der Waals surface area contributed by atoms with Gasteiger partial charge in [-0.25, -0.2) is 4.98 Å². The molecule has 2 heterocycles. The average Bonchev–Trinajstić information content (AvgIpc) is 2.78. The zero-order chi connectivity index (χ0) is 14.7. The first kappa shape index (κ1) is 14.5. The third-order valence-corrected chi connectivity index (χ3v) is 3.89. The zero-order valence-corrected chi connectivity index (χ0v) is 12.8. The number of thiazole rings is 1. The van der Waals surface area contributed by atoms with Crippen LogP contribution in [-0.2, 0) is 6.42 Å². The smallest absolute Gasteiger partial charge is 0.276 e. The molecule has 0 saturated heterocycles. The number of nitrogens with one attached hydrogen (secondary N) is 1. The van der Waals surface area contributed by atoms with Crippen LogP contribution in [0.4, 0.5) is 5.13 Å². The van der Waals surface area contributed by atoms with E-state index in [1.165, 1.54) is 17.5 Å². The Kier molecular flexibility index (Phi) is 4.41. The quantitative estimate of drug-likeness (QED) is 0.847. The molecule has 1 amide bonds. The van der Waals surface area contributed by atoms with E-state index in [-0.39, 0.29) is 10.9 Å². The van der Waals surface area contributed by atoms with Crippen LogP contribution in [-0.4, -0.2) is 20.9 Å². The van der Waals surface area contributed by atoms with Gasteiger partial charge in [0, 0.05) is 16.6 Å². The van der Waals surface area contributed by atoms with Crippen LogP contribution in [0.5, 0.6) is 0 Å². The fourth-order valence-electron chi connectivity index (χ4n) is 1.64. The van der Waals surface area contributed by atoms with Gasteiger partial charge < -0.3 is 5.73 Å². The highest BCUT2D eigenvalue weighted by atomic mass is 32.1. The number of hydrogen-bond donors (Lipinski definition) is 2. The van der Waals surface area contributed by atoms with Gasteiger partial charge in [0.05, 0.1) is 5.69 Å². The summed E-state index contributed by atoms with van der Waals surface area (Å²) in [5.41, 5.74) is 7.42. The topological polar surface area (TPSA) is 80.9 Å². The summed E-state index contributed by atoms with van der Waals surface area (Å²) in [5.74, 6) is -0.295. The van der Waals surface area contributed by atoms with Gasteiger partial charge in [-0.2, -0.15) is 0 Å². The molecule has 7 heteroatoms. The summed E-state index contributed by atoms with van der Waals surface area (Å²) < 4.78 is 0. The number of thiocarbonyl (C=S) groups is 1. The third-order valence-electron chi connectivity index (χ3n) is 2.73. The number of rotatable bonds is 4. The van der Waals surface area contributed by atoms with Gasteiger partial charge in [-0.3, -0.25) is 15.1 Å². The van der Waals surface area contributed by atoms with E-state index in [4.69, 9.17) is 18.0 Å². The van der Waals surface area contributed by atoms with Crippen molar-refractivity contribution in [1.29, 1.82) is 0 Å². The first-order valence-electron chi connectivity index (χ1n) is 6.04. The summed E-state index contributed by atoms with van der Waals surface area (Å²) in [6.45, 7) is 4.02. The molecular weight excluding hydrogens is 292 g/mol. The maximum Gasteiger partial charge on any atom is 0.276 e. The van der Waals surface area contributed by atoms with Gasteiger partial charge in [0.25, 0.3) is 5.91 Å². The SMILES string of the molecule is CCc1nc(NC(=O)c2ccc(C(N)=S)cn2)sc1C. The van der Waals surface area contributed by atoms with Gasteiger partial charge in [0.15, 0.2) is 5.13 Å². The maximum absolute atomic E-state index is 12.0. The highest BCUT2D eigenvalue weighted by Gasteiger charge is 2.12. The Balaban J connectivity index is 2.13. The zero-order valence-electron chi connectivity index (χ0n) is 11.1. The average molecular weight is 306 g/mol. The second kappa shape index (κ2) is 6.06. The van der Waals surface area contributed by atoms with Crippen molar-refractivity contribution in [2.24, 2.45) is 5.73 Å². The predicted molar refractivity (Wildman–Crippen MR) is 84.3 cm³/mol. The fourth-order valence-corrected chi connectivity index (χ4v) is 2.66. The lowest BCUT2D eigenvalue weighted by Crippen LogP contribution is -2.15. The van der Waals surface area contributed by atoms with Crippen LogP contribution in [0, 0.1) is 6.92 Å². The molecule has 0 bridgehead atoms. The number of pyridine rings is 1. The van der Waals surface area contributed by atoms with E-state index >= 15 is 0 Å². The number of aryl methyl sites for hydroxylation is 2. The number of aromatic nitrogens is 2. The number of nitrogens with zero attached hydrogens (tertiary/aromatic N) is 2. The minimum atomic E-state index is -0.295. The second-order valence-electron chi connectivity index (χ2n) is 4.13. The Hall–Kier alpha value is -1.86. The molecular formula is C13H14N4OS2. The van der Waals surface area contributed by atoms with E-state index < -0.39 is 0 Å². The van der Waals surface area contributed by atoms with Crippen LogP contribution in [0.2, 0.25) is 0 Å². The number of hydrogen-bond acceptors (Lipinski definition) is 5. The number of carbonyl (C=O) groups is 1. The molecule has 0 aliphatic carbocycles. The molecule has 0 radical (unpaired) electrons. The molecule has 2 aromatic rings. The van der Waals surface area contributed by atoms with E-state index in [0.29, 0.717) is 16.4 Å². The molecule has 0 aromatic carbocycles. The van der Waals surface area contributed by atoms with Crippen LogP contribution < -0.4 is 11.1 Å². The Labute approximate surface area is 126 Å². The molecule has 20 heavy (non-hydrogen) atoms. The summed E-state index contributed by atoms with van der Waals surface area (Å²) in [6.07, 6.45) is 2.33.